The minimum Gasteiger partial charge on any atom is -0.484 e. The molecule has 1 aliphatic rings. The minimum absolute atomic E-state index is 0.0411. The molecule has 0 bridgehead atoms. The van der Waals surface area contributed by atoms with Crippen molar-refractivity contribution in [3.63, 3.8) is 0 Å². The molecule has 0 aromatic carbocycles. The highest BCUT2D eigenvalue weighted by Crippen LogP contribution is 2.26. The Morgan fingerprint density at radius 2 is 2.50 bits per heavy atom. The SMILES string of the molecule is CCOc1sccc1C(=O)NCC1NCCC1C. The number of nitrogens with one attached hydrogen (secondary N) is 2. The number of rotatable bonds is 5. The van der Waals surface area contributed by atoms with Crippen LogP contribution in [0.2, 0.25) is 0 Å². The highest BCUT2D eigenvalue weighted by atomic mass is 32.1. The fourth-order valence-corrected chi connectivity index (χ4v) is 2.98. The van der Waals surface area contributed by atoms with Gasteiger partial charge in [-0.05, 0) is 37.3 Å². The van der Waals surface area contributed by atoms with Crippen molar-refractivity contribution in [1.29, 1.82) is 0 Å². The predicted octanol–water partition coefficient (Wildman–Crippen LogP) is 1.87. The van der Waals surface area contributed by atoms with E-state index in [1.807, 2.05) is 18.4 Å². The minimum atomic E-state index is -0.0411. The van der Waals surface area contributed by atoms with Crippen LogP contribution >= 0.6 is 11.3 Å². The molecule has 0 spiro atoms. The number of carbonyl (C=O) groups excluding carboxylic acids is 1. The van der Waals surface area contributed by atoms with Crippen LogP contribution in [0.4, 0.5) is 0 Å². The maximum Gasteiger partial charge on any atom is 0.256 e. The summed E-state index contributed by atoms with van der Waals surface area (Å²) in [4.78, 5) is 12.1. The summed E-state index contributed by atoms with van der Waals surface area (Å²) in [6.07, 6.45) is 1.18. The maximum absolute atomic E-state index is 12.1. The second-order valence-electron chi connectivity index (χ2n) is 4.59. The van der Waals surface area contributed by atoms with Gasteiger partial charge in [0.05, 0.1) is 12.2 Å². The molecule has 1 fully saturated rings. The topological polar surface area (TPSA) is 50.4 Å². The molecule has 2 atom stereocenters. The van der Waals surface area contributed by atoms with E-state index in [1.165, 1.54) is 17.8 Å². The van der Waals surface area contributed by atoms with Gasteiger partial charge in [0.1, 0.15) is 0 Å². The van der Waals surface area contributed by atoms with Crippen molar-refractivity contribution in [3.05, 3.63) is 17.0 Å². The van der Waals surface area contributed by atoms with Gasteiger partial charge in [-0.2, -0.15) is 0 Å². The second kappa shape index (κ2) is 6.20. The van der Waals surface area contributed by atoms with Crippen molar-refractivity contribution in [2.75, 3.05) is 19.7 Å². The lowest BCUT2D eigenvalue weighted by Crippen LogP contribution is -2.39. The Morgan fingerprint density at radius 1 is 1.67 bits per heavy atom. The summed E-state index contributed by atoms with van der Waals surface area (Å²) >= 11 is 1.46. The molecular weight excluding hydrogens is 248 g/mol. The van der Waals surface area contributed by atoms with E-state index in [0.29, 0.717) is 35.7 Å². The molecule has 1 aromatic rings. The number of ether oxygens (including phenoxy) is 1. The van der Waals surface area contributed by atoms with Gasteiger partial charge in [0.15, 0.2) is 5.06 Å². The number of hydrogen-bond acceptors (Lipinski definition) is 4. The number of amides is 1. The van der Waals surface area contributed by atoms with Crippen LogP contribution in [0.15, 0.2) is 11.4 Å². The van der Waals surface area contributed by atoms with Gasteiger partial charge < -0.3 is 15.4 Å². The highest BCUT2D eigenvalue weighted by Gasteiger charge is 2.23. The van der Waals surface area contributed by atoms with Crippen molar-refractivity contribution in [2.24, 2.45) is 5.92 Å². The summed E-state index contributed by atoms with van der Waals surface area (Å²) < 4.78 is 5.43. The van der Waals surface area contributed by atoms with E-state index in [-0.39, 0.29) is 5.91 Å². The Labute approximate surface area is 112 Å². The van der Waals surface area contributed by atoms with E-state index in [0.717, 1.165) is 6.54 Å². The molecule has 2 heterocycles. The zero-order valence-corrected chi connectivity index (χ0v) is 11.7. The van der Waals surface area contributed by atoms with Crippen LogP contribution in [0.25, 0.3) is 0 Å². The van der Waals surface area contributed by atoms with Crippen LogP contribution in [0.3, 0.4) is 0 Å². The van der Waals surface area contributed by atoms with Crippen molar-refractivity contribution < 1.29 is 9.53 Å². The number of thiophene rings is 1. The largest absolute Gasteiger partial charge is 0.484 e. The molecule has 1 saturated heterocycles. The van der Waals surface area contributed by atoms with Crippen LogP contribution < -0.4 is 15.4 Å². The average molecular weight is 268 g/mol. The van der Waals surface area contributed by atoms with Gasteiger partial charge in [0.25, 0.3) is 5.91 Å². The van der Waals surface area contributed by atoms with Gasteiger partial charge in [-0.25, -0.2) is 0 Å². The van der Waals surface area contributed by atoms with E-state index in [2.05, 4.69) is 17.6 Å². The van der Waals surface area contributed by atoms with E-state index in [9.17, 15) is 4.79 Å². The summed E-state index contributed by atoms with van der Waals surface area (Å²) in [6.45, 7) is 6.45. The van der Waals surface area contributed by atoms with Gasteiger partial charge >= 0.3 is 0 Å². The Balaban J connectivity index is 1.89. The summed E-state index contributed by atoms with van der Waals surface area (Å²) in [6, 6.07) is 2.21. The normalized spacial score (nSPS) is 23.0. The zero-order valence-electron chi connectivity index (χ0n) is 10.9. The molecule has 2 unspecified atom stereocenters. The first kappa shape index (κ1) is 13.4. The third-order valence-corrected chi connectivity index (χ3v) is 4.15. The Kier molecular flexibility index (Phi) is 4.60. The van der Waals surface area contributed by atoms with Gasteiger partial charge in [0.2, 0.25) is 0 Å². The van der Waals surface area contributed by atoms with Crippen LogP contribution in [0.1, 0.15) is 30.6 Å². The van der Waals surface area contributed by atoms with Crippen LogP contribution in [-0.4, -0.2) is 31.6 Å². The number of hydrogen-bond donors (Lipinski definition) is 2. The molecule has 1 aliphatic heterocycles. The fraction of sp³-hybridized carbons (Fsp3) is 0.615. The molecule has 2 rings (SSSR count). The molecule has 1 amide bonds. The Bertz CT molecular complexity index is 405. The summed E-state index contributed by atoms with van der Waals surface area (Å²) in [5.74, 6) is 0.583. The lowest BCUT2D eigenvalue weighted by molar-refractivity contribution is 0.0946. The molecule has 100 valence electrons. The third-order valence-electron chi connectivity index (χ3n) is 3.33. The molecule has 5 heteroatoms. The third kappa shape index (κ3) is 3.03. The summed E-state index contributed by atoms with van der Waals surface area (Å²) in [5, 5.41) is 8.98. The monoisotopic (exact) mass is 268 g/mol. The Hall–Kier alpha value is -1.07. The first-order valence-electron chi connectivity index (χ1n) is 6.44. The van der Waals surface area contributed by atoms with Gasteiger partial charge in [-0.3, -0.25) is 4.79 Å². The molecule has 0 aliphatic carbocycles. The standard InChI is InChI=1S/C13H20N2O2S/c1-3-17-13-10(5-7-18-13)12(16)15-8-11-9(2)4-6-14-11/h5,7,9,11,14H,3-4,6,8H2,1-2H3,(H,15,16). The molecule has 2 N–H and O–H groups in total. The Morgan fingerprint density at radius 3 is 3.17 bits per heavy atom. The van der Waals surface area contributed by atoms with Crippen LogP contribution in [0.5, 0.6) is 5.06 Å². The molecule has 18 heavy (non-hydrogen) atoms. The summed E-state index contributed by atoms with van der Waals surface area (Å²) in [7, 11) is 0. The zero-order chi connectivity index (χ0) is 13.0. The van der Waals surface area contributed by atoms with Gasteiger partial charge in [-0.15, -0.1) is 11.3 Å². The van der Waals surface area contributed by atoms with E-state index in [4.69, 9.17) is 4.74 Å². The lowest BCUT2D eigenvalue weighted by Gasteiger charge is -2.16. The van der Waals surface area contributed by atoms with Crippen molar-refractivity contribution in [2.45, 2.75) is 26.3 Å². The first-order valence-corrected chi connectivity index (χ1v) is 7.32. The molecule has 0 radical (unpaired) electrons. The highest BCUT2D eigenvalue weighted by molar-refractivity contribution is 7.12. The average Bonchev–Trinajstić information content (AvgIpc) is 2.96. The van der Waals surface area contributed by atoms with E-state index < -0.39 is 0 Å². The predicted molar refractivity (Wildman–Crippen MR) is 73.4 cm³/mol. The van der Waals surface area contributed by atoms with Gasteiger partial charge in [-0.1, -0.05) is 6.92 Å². The summed E-state index contributed by atoms with van der Waals surface area (Å²) in [5.41, 5.74) is 0.646. The van der Waals surface area contributed by atoms with Crippen LogP contribution in [0, 0.1) is 5.92 Å². The quantitative estimate of drug-likeness (QED) is 0.857. The van der Waals surface area contributed by atoms with Crippen molar-refractivity contribution >= 4 is 17.2 Å². The van der Waals surface area contributed by atoms with Crippen molar-refractivity contribution in [1.82, 2.24) is 10.6 Å². The molecule has 1 aromatic heterocycles. The van der Waals surface area contributed by atoms with Crippen molar-refractivity contribution in [3.8, 4) is 5.06 Å². The van der Waals surface area contributed by atoms with Gasteiger partial charge in [0, 0.05) is 12.6 Å². The van der Waals surface area contributed by atoms with E-state index >= 15 is 0 Å². The van der Waals surface area contributed by atoms with E-state index in [1.54, 1.807) is 0 Å². The fourth-order valence-electron chi connectivity index (χ4n) is 2.18. The lowest BCUT2D eigenvalue weighted by atomic mass is 10.0. The number of carbonyl (C=O) groups is 1. The molecule has 4 nitrogen and oxygen atoms in total. The van der Waals surface area contributed by atoms with Crippen LogP contribution in [-0.2, 0) is 0 Å². The first-order chi connectivity index (χ1) is 8.72. The molecule has 0 saturated carbocycles. The smallest absolute Gasteiger partial charge is 0.256 e. The maximum atomic E-state index is 12.1. The molecular formula is C13H20N2O2S. The second-order valence-corrected chi connectivity index (χ2v) is 5.47.